The van der Waals surface area contributed by atoms with Crippen LogP contribution in [0.4, 0.5) is 17.1 Å². The summed E-state index contributed by atoms with van der Waals surface area (Å²) in [4.78, 5) is 0. The van der Waals surface area contributed by atoms with Crippen molar-refractivity contribution in [2.75, 3.05) is 5.73 Å². The predicted octanol–water partition coefficient (Wildman–Crippen LogP) is 4.85. The molecule has 0 aliphatic rings. The van der Waals surface area contributed by atoms with Crippen LogP contribution in [0.15, 0.2) is 64.8 Å². The summed E-state index contributed by atoms with van der Waals surface area (Å²) >= 11 is 0. The van der Waals surface area contributed by atoms with Crippen LogP contribution >= 0.6 is 0 Å². The lowest BCUT2D eigenvalue weighted by Crippen LogP contribution is -1.88. The Balaban J connectivity index is 2.15. The molecule has 0 aromatic heterocycles. The van der Waals surface area contributed by atoms with Gasteiger partial charge in [-0.1, -0.05) is 30.3 Å². The van der Waals surface area contributed by atoms with Gasteiger partial charge in [0, 0.05) is 11.1 Å². The minimum Gasteiger partial charge on any atom is -0.505 e. The molecule has 3 N–H and O–H groups in total. The number of nitrogen functional groups attached to an aromatic ring is 1. The molecule has 0 fully saturated rings. The average Bonchev–Trinajstić information content (AvgIpc) is 2.47. The molecule has 0 unspecified atom stereocenters. The quantitative estimate of drug-likeness (QED) is 0.519. The van der Waals surface area contributed by atoms with Gasteiger partial charge in [0.05, 0.1) is 5.69 Å². The molecule has 0 aliphatic carbocycles. The summed E-state index contributed by atoms with van der Waals surface area (Å²) in [5.41, 5.74) is 8.51. The largest absolute Gasteiger partial charge is 0.505 e. The number of phenols is 1. The molecule has 104 valence electrons. The van der Waals surface area contributed by atoms with Crippen molar-refractivity contribution in [2.45, 2.75) is 6.92 Å². The van der Waals surface area contributed by atoms with Crippen molar-refractivity contribution in [1.82, 2.24) is 0 Å². The fourth-order valence-electron chi connectivity index (χ4n) is 2.32. The van der Waals surface area contributed by atoms with E-state index in [0.717, 1.165) is 16.6 Å². The van der Waals surface area contributed by atoms with E-state index in [1.165, 1.54) is 0 Å². The van der Waals surface area contributed by atoms with Gasteiger partial charge < -0.3 is 10.8 Å². The lowest BCUT2D eigenvalue weighted by molar-refractivity contribution is 0.482. The summed E-state index contributed by atoms with van der Waals surface area (Å²) in [6.45, 7) is 1.89. The van der Waals surface area contributed by atoms with Crippen LogP contribution in [-0.4, -0.2) is 5.11 Å². The Morgan fingerprint density at radius 2 is 1.71 bits per heavy atom. The van der Waals surface area contributed by atoms with Crippen molar-refractivity contribution in [3.63, 3.8) is 0 Å². The number of azo groups is 1. The first-order valence-corrected chi connectivity index (χ1v) is 6.64. The molecule has 3 aromatic carbocycles. The third-order valence-corrected chi connectivity index (χ3v) is 3.36. The first kappa shape index (κ1) is 13.1. The Hall–Kier alpha value is -2.88. The number of rotatable bonds is 2. The summed E-state index contributed by atoms with van der Waals surface area (Å²) < 4.78 is 0. The molecule has 0 spiro atoms. The SMILES string of the molecule is Cc1cc2cccc(N)c2c(O)c1N=Nc1ccccc1. The molecule has 0 radical (unpaired) electrons. The van der Waals surface area contributed by atoms with Gasteiger partial charge in [0.1, 0.15) is 5.69 Å². The molecular weight excluding hydrogens is 262 g/mol. The second kappa shape index (κ2) is 5.25. The molecule has 4 heteroatoms. The normalized spacial score (nSPS) is 11.3. The van der Waals surface area contributed by atoms with Crippen LogP contribution in [0.5, 0.6) is 5.75 Å². The highest BCUT2D eigenvalue weighted by Gasteiger charge is 2.12. The standard InChI is InChI=1S/C17H15N3O/c1-11-10-12-6-5-9-14(18)15(12)17(21)16(11)20-19-13-7-3-2-4-8-13/h2-10,21H,18H2,1H3. The number of aryl methyl sites for hydroxylation is 1. The molecule has 0 atom stereocenters. The van der Waals surface area contributed by atoms with E-state index in [0.29, 0.717) is 16.8 Å². The molecule has 0 saturated carbocycles. The zero-order valence-corrected chi connectivity index (χ0v) is 11.6. The minimum atomic E-state index is 0.0720. The molecule has 3 rings (SSSR count). The van der Waals surface area contributed by atoms with Gasteiger partial charge in [-0.05, 0) is 42.1 Å². The number of aromatic hydroxyl groups is 1. The second-order valence-electron chi connectivity index (χ2n) is 4.87. The van der Waals surface area contributed by atoms with Crippen LogP contribution in [-0.2, 0) is 0 Å². The van der Waals surface area contributed by atoms with E-state index >= 15 is 0 Å². The van der Waals surface area contributed by atoms with Gasteiger partial charge in [0.2, 0.25) is 0 Å². The van der Waals surface area contributed by atoms with Crippen LogP contribution in [0.3, 0.4) is 0 Å². The van der Waals surface area contributed by atoms with Crippen LogP contribution in [0, 0.1) is 6.92 Å². The van der Waals surface area contributed by atoms with E-state index in [1.54, 1.807) is 6.07 Å². The van der Waals surface area contributed by atoms with Crippen molar-refractivity contribution >= 4 is 27.8 Å². The Labute approximate surface area is 122 Å². The Kier molecular flexibility index (Phi) is 3.28. The van der Waals surface area contributed by atoms with Crippen molar-refractivity contribution in [3.8, 4) is 5.75 Å². The third-order valence-electron chi connectivity index (χ3n) is 3.36. The highest BCUT2D eigenvalue weighted by atomic mass is 16.3. The number of fused-ring (bicyclic) bond motifs is 1. The second-order valence-corrected chi connectivity index (χ2v) is 4.87. The monoisotopic (exact) mass is 277 g/mol. The lowest BCUT2D eigenvalue weighted by atomic mass is 10.0. The molecule has 0 saturated heterocycles. The van der Waals surface area contributed by atoms with Crippen molar-refractivity contribution in [3.05, 3.63) is 60.2 Å². The Morgan fingerprint density at radius 3 is 2.48 bits per heavy atom. The summed E-state index contributed by atoms with van der Waals surface area (Å²) in [6.07, 6.45) is 0. The number of hydrogen-bond donors (Lipinski definition) is 2. The average molecular weight is 277 g/mol. The van der Waals surface area contributed by atoms with Crippen molar-refractivity contribution in [1.29, 1.82) is 0 Å². The summed E-state index contributed by atoms with van der Waals surface area (Å²) in [5, 5.41) is 20.3. The molecule has 3 aromatic rings. The van der Waals surface area contributed by atoms with Gasteiger partial charge in [0.25, 0.3) is 0 Å². The number of benzene rings is 3. The van der Waals surface area contributed by atoms with Crippen LogP contribution in [0.1, 0.15) is 5.56 Å². The summed E-state index contributed by atoms with van der Waals surface area (Å²) in [7, 11) is 0. The maximum Gasteiger partial charge on any atom is 0.153 e. The number of phenolic OH excluding ortho intramolecular Hbond substituents is 1. The highest BCUT2D eigenvalue weighted by Crippen LogP contribution is 2.41. The number of nitrogens with two attached hydrogens (primary N) is 1. The van der Waals surface area contributed by atoms with Gasteiger partial charge in [-0.25, -0.2) is 0 Å². The van der Waals surface area contributed by atoms with E-state index in [4.69, 9.17) is 5.73 Å². The number of anilines is 1. The molecule has 0 amide bonds. The maximum absolute atomic E-state index is 10.5. The Morgan fingerprint density at radius 1 is 0.952 bits per heavy atom. The number of hydrogen-bond acceptors (Lipinski definition) is 4. The van der Waals surface area contributed by atoms with E-state index in [9.17, 15) is 5.11 Å². The van der Waals surface area contributed by atoms with E-state index < -0.39 is 0 Å². The van der Waals surface area contributed by atoms with Gasteiger partial charge in [-0.2, -0.15) is 5.11 Å². The smallest absolute Gasteiger partial charge is 0.153 e. The first-order chi connectivity index (χ1) is 10.2. The Bertz CT molecular complexity index is 826. The zero-order chi connectivity index (χ0) is 14.8. The highest BCUT2D eigenvalue weighted by molar-refractivity contribution is 6.01. The predicted molar refractivity (Wildman–Crippen MR) is 85.4 cm³/mol. The molecule has 0 bridgehead atoms. The fourth-order valence-corrected chi connectivity index (χ4v) is 2.32. The summed E-state index contributed by atoms with van der Waals surface area (Å²) in [6, 6.07) is 16.9. The molecule has 4 nitrogen and oxygen atoms in total. The number of nitrogens with zero attached hydrogens (tertiary/aromatic N) is 2. The van der Waals surface area contributed by atoms with Gasteiger partial charge in [-0.15, -0.1) is 5.11 Å². The van der Waals surface area contributed by atoms with E-state index in [-0.39, 0.29) is 5.75 Å². The van der Waals surface area contributed by atoms with Crippen molar-refractivity contribution in [2.24, 2.45) is 10.2 Å². The van der Waals surface area contributed by atoms with Crippen LogP contribution in [0.2, 0.25) is 0 Å². The summed E-state index contributed by atoms with van der Waals surface area (Å²) in [5.74, 6) is 0.0720. The van der Waals surface area contributed by atoms with Crippen molar-refractivity contribution < 1.29 is 5.11 Å². The van der Waals surface area contributed by atoms with Gasteiger partial charge in [-0.3, -0.25) is 0 Å². The molecule has 0 aliphatic heterocycles. The molecule has 0 heterocycles. The van der Waals surface area contributed by atoms with E-state index in [2.05, 4.69) is 10.2 Å². The van der Waals surface area contributed by atoms with Crippen LogP contribution < -0.4 is 5.73 Å². The molecule has 21 heavy (non-hydrogen) atoms. The third kappa shape index (κ3) is 2.43. The lowest BCUT2D eigenvalue weighted by Gasteiger charge is -2.09. The minimum absolute atomic E-state index is 0.0720. The zero-order valence-electron chi connectivity index (χ0n) is 11.6. The fraction of sp³-hybridized carbons (Fsp3) is 0.0588. The maximum atomic E-state index is 10.5. The topological polar surface area (TPSA) is 71.0 Å². The van der Waals surface area contributed by atoms with Gasteiger partial charge >= 0.3 is 0 Å². The van der Waals surface area contributed by atoms with Gasteiger partial charge in [0.15, 0.2) is 5.75 Å². The first-order valence-electron chi connectivity index (χ1n) is 6.64. The van der Waals surface area contributed by atoms with E-state index in [1.807, 2.05) is 55.5 Å². The molecular formula is C17H15N3O. The van der Waals surface area contributed by atoms with Crippen LogP contribution in [0.25, 0.3) is 10.8 Å².